The fourth-order valence-electron chi connectivity index (χ4n) is 2.45. The third-order valence-electron chi connectivity index (χ3n) is 3.57. The van der Waals surface area contributed by atoms with E-state index in [4.69, 9.17) is 26.1 Å². The van der Waals surface area contributed by atoms with E-state index in [9.17, 15) is 9.59 Å². The highest BCUT2D eigenvalue weighted by molar-refractivity contribution is 7.71. The second-order valence-electron chi connectivity index (χ2n) is 5.01. The zero-order valence-electron chi connectivity index (χ0n) is 13.4. The summed E-state index contributed by atoms with van der Waals surface area (Å²) in [5.74, 6) is -1.32. The maximum atomic E-state index is 12.4. The van der Waals surface area contributed by atoms with Crippen LogP contribution in [-0.4, -0.2) is 31.1 Å². The first kappa shape index (κ1) is 16.7. The van der Waals surface area contributed by atoms with Crippen LogP contribution in [0.3, 0.4) is 0 Å². The van der Waals surface area contributed by atoms with Crippen molar-refractivity contribution in [1.82, 2.24) is 4.98 Å². The number of allylic oxidation sites excluding steroid dienone is 2. The van der Waals surface area contributed by atoms with Crippen LogP contribution in [0, 0.1) is 4.84 Å². The Morgan fingerprint density at radius 2 is 1.92 bits per heavy atom. The second kappa shape index (κ2) is 6.78. The average Bonchev–Trinajstić information content (AvgIpc) is 2.85. The van der Waals surface area contributed by atoms with Crippen molar-refractivity contribution < 1.29 is 23.5 Å². The number of benzene rings is 1. The Kier molecular flexibility index (Phi) is 4.53. The van der Waals surface area contributed by atoms with Crippen molar-refractivity contribution in [3.8, 4) is 0 Å². The van der Waals surface area contributed by atoms with Crippen LogP contribution in [0.1, 0.15) is 0 Å². The Hall–Kier alpha value is -3.13. The van der Waals surface area contributed by atoms with Gasteiger partial charge in [-0.1, -0.05) is 6.08 Å². The third kappa shape index (κ3) is 3.11. The summed E-state index contributed by atoms with van der Waals surface area (Å²) in [7, 11) is 2.49. The number of rotatable bonds is 3. The minimum atomic E-state index is -0.674. The number of hydrogen-bond acceptors (Lipinski definition) is 7. The summed E-state index contributed by atoms with van der Waals surface area (Å²) in [4.78, 5) is 29.2. The number of methoxy groups -OCH3 is 2. The van der Waals surface area contributed by atoms with Crippen molar-refractivity contribution in [2.45, 2.75) is 0 Å². The van der Waals surface area contributed by atoms with Crippen molar-refractivity contribution in [3.63, 3.8) is 0 Å². The molecule has 0 saturated carbocycles. The Labute approximate surface area is 147 Å². The molecule has 3 rings (SSSR count). The van der Waals surface area contributed by atoms with Crippen molar-refractivity contribution in [1.29, 1.82) is 0 Å². The normalized spacial score (nSPS) is 13.9. The Bertz CT molecular complexity index is 996. The molecule has 0 amide bonds. The molecule has 1 aromatic carbocycles. The Balaban J connectivity index is 2.20. The molecule has 0 saturated heterocycles. The molecule has 0 fully saturated rings. The molecular weight excluding hydrogens is 344 g/mol. The molecule has 0 aliphatic carbocycles. The molecule has 1 N–H and O–H groups in total. The number of hydrogen-bond donors (Lipinski definition) is 1. The number of carbonyl (C=O) groups excluding carboxylic acids is 2. The van der Waals surface area contributed by atoms with Crippen molar-refractivity contribution in [2.24, 2.45) is 0 Å². The van der Waals surface area contributed by atoms with Gasteiger partial charge in [-0.05, 0) is 36.5 Å². The molecule has 0 spiro atoms. The van der Waals surface area contributed by atoms with Crippen LogP contribution in [0.2, 0.25) is 0 Å². The lowest BCUT2D eigenvalue weighted by molar-refractivity contribution is -0.139. The Morgan fingerprint density at radius 1 is 1.16 bits per heavy atom. The molecule has 0 bridgehead atoms. The van der Waals surface area contributed by atoms with E-state index in [-0.39, 0.29) is 16.1 Å². The molecule has 1 aliphatic rings. The molecule has 128 valence electrons. The quantitative estimate of drug-likeness (QED) is 0.667. The fraction of sp³-hybridized carbons (Fsp3) is 0.118. The number of nitrogens with one attached hydrogen (secondary N) is 1. The van der Waals surface area contributed by atoms with E-state index in [2.05, 4.69) is 4.98 Å². The largest absolute Gasteiger partial charge is 0.465 e. The van der Waals surface area contributed by atoms with E-state index in [0.29, 0.717) is 11.3 Å². The average molecular weight is 358 g/mol. The van der Waals surface area contributed by atoms with Gasteiger partial charge in [0.15, 0.2) is 5.58 Å². The van der Waals surface area contributed by atoms with Crippen LogP contribution in [0.15, 0.2) is 58.3 Å². The third-order valence-corrected chi connectivity index (χ3v) is 3.76. The number of fused-ring (bicyclic) bond motifs is 1. The number of ether oxygens (including phenoxy) is 2. The first-order chi connectivity index (χ1) is 12.0. The van der Waals surface area contributed by atoms with Crippen molar-refractivity contribution >= 4 is 40.9 Å². The number of nitrogens with zero attached hydrogens (tertiary/aromatic N) is 1. The van der Waals surface area contributed by atoms with Gasteiger partial charge in [-0.3, -0.25) is 0 Å². The monoisotopic (exact) mass is 358 g/mol. The summed E-state index contributed by atoms with van der Waals surface area (Å²) in [6.45, 7) is 0. The summed E-state index contributed by atoms with van der Waals surface area (Å²) >= 11 is 4.98. The van der Waals surface area contributed by atoms with Crippen molar-refractivity contribution in [2.75, 3.05) is 19.1 Å². The van der Waals surface area contributed by atoms with Crippen LogP contribution in [0.25, 0.3) is 11.1 Å². The first-order valence-corrected chi connectivity index (χ1v) is 7.64. The van der Waals surface area contributed by atoms with Gasteiger partial charge in [0.25, 0.3) is 4.84 Å². The minimum Gasteiger partial charge on any atom is -0.465 e. The van der Waals surface area contributed by atoms with Gasteiger partial charge in [-0.2, -0.15) is 0 Å². The summed E-state index contributed by atoms with van der Waals surface area (Å²) in [6.07, 6.45) is 6.46. The topological polar surface area (TPSA) is 84.8 Å². The molecule has 25 heavy (non-hydrogen) atoms. The van der Waals surface area contributed by atoms with Gasteiger partial charge < -0.3 is 23.8 Å². The molecule has 1 aliphatic heterocycles. The van der Waals surface area contributed by atoms with E-state index < -0.39 is 11.9 Å². The predicted octanol–water partition coefficient (Wildman–Crippen LogP) is 2.98. The van der Waals surface area contributed by atoms with Gasteiger partial charge >= 0.3 is 11.9 Å². The van der Waals surface area contributed by atoms with Crippen LogP contribution in [0.4, 0.5) is 5.69 Å². The van der Waals surface area contributed by atoms with E-state index >= 15 is 0 Å². The van der Waals surface area contributed by atoms with E-state index in [1.165, 1.54) is 25.2 Å². The Morgan fingerprint density at radius 3 is 2.64 bits per heavy atom. The highest BCUT2D eigenvalue weighted by Crippen LogP contribution is 2.29. The SMILES string of the molecule is COC(=O)C1=C(C(=O)OC)N(c2ccc3[nH]c(=S)oc3c2)C=CC=C1. The molecular formula is C17H14N2O5S. The minimum absolute atomic E-state index is 0.0350. The number of carbonyl (C=O) groups is 2. The van der Waals surface area contributed by atoms with Gasteiger partial charge in [0, 0.05) is 18.0 Å². The predicted molar refractivity (Wildman–Crippen MR) is 93.2 cm³/mol. The number of aromatic nitrogens is 1. The number of anilines is 1. The van der Waals surface area contributed by atoms with Gasteiger partial charge in [-0.15, -0.1) is 0 Å². The molecule has 0 unspecified atom stereocenters. The lowest BCUT2D eigenvalue weighted by atomic mass is 10.1. The second-order valence-corrected chi connectivity index (χ2v) is 5.38. The first-order valence-electron chi connectivity index (χ1n) is 7.23. The fourth-order valence-corrected chi connectivity index (χ4v) is 2.65. The van der Waals surface area contributed by atoms with Crippen LogP contribution < -0.4 is 4.90 Å². The molecule has 1 aromatic heterocycles. The lowest BCUT2D eigenvalue weighted by Crippen LogP contribution is -2.26. The zero-order chi connectivity index (χ0) is 18.0. The highest BCUT2D eigenvalue weighted by Gasteiger charge is 2.27. The van der Waals surface area contributed by atoms with Gasteiger partial charge in [0.05, 0.1) is 25.3 Å². The number of aromatic amines is 1. The van der Waals surface area contributed by atoms with Crippen molar-refractivity contribution in [3.05, 3.63) is 58.7 Å². The van der Waals surface area contributed by atoms with Crippen LogP contribution in [-0.2, 0) is 19.1 Å². The van der Waals surface area contributed by atoms with Gasteiger partial charge in [-0.25, -0.2) is 9.59 Å². The number of esters is 2. The maximum Gasteiger partial charge on any atom is 0.355 e. The highest BCUT2D eigenvalue weighted by atomic mass is 32.1. The maximum absolute atomic E-state index is 12.4. The van der Waals surface area contributed by atoms with E-state index in [1.54, 1.807) is 36.6 Å². The van der Waals surface area contributed by atoms with Gasteiger partial charge in [0.1, 0.15) is 5.70 Å². The smallest absolute Gasteiger partial charge is 0.355 e. The molecule has 0 radical (unpaired) electrons. The number of H-pyrrole nitrogens is 1. The van der Waals surface area contributed by atoms with E-state index in [0.717, 1.165) is 5.52 Å². The number of oxazole rings is 1. The van der Waals surface area contributed by atoms with E-state index in [1.807, 2.05) is 0 Å². The molecule has 8 heteroatoms. The summed E-state index contributed by atoms with van der Waals surface area (Å²) in [5, 5.41) is 0. The molecule has 0 atom stereocenters. The lowest BCUT2D eigenvalue weighted by Gasteiger charge is -2.22. The summed E-state index contributed by atoms with van der Waals surface area (Å²) in [6, 6.07) is 5.23. The molecule has 2 aromatic rings. The standard InChI is InChI=1S/C17H14N2O5S/c1-22-15(20)11-5-3-4-8-19(14(11)16(21)23-2)10-6-7-12-13(9-10)24-17(25)18-12/h3-9H,1-2H3,(H,18,25). The summed E-state index contributed by atoms with van der Waals surface area (Å²) < 4.78 is 15.1. The zero-order valence-corrected chi connectivity index (χ0v) is 14.3. The van der Waals surface area contributed by atoms with Gasteiger partial charge in [0.2, 0.25) is 0 Å². The molecule has 7 nitrogen and oxygen atoms in total. The molecule has 2 heterocycles. The van der Waals surface area contributed by atoms with Crippen LogP contribution >= 0.6 is 12.2 Å². The van der Waals surface area contributed by atoms with Crippen LogP contribution in [0.5, 0.6) is 0 Å². The summed E-state index contributed by atoms with van der Waals surface area (Å²) in [5.41, 5.74) is 1.95.